The molecule has 0 N–H and O–H groups in total. The Balaban J connectivity index is 1.87. The molecule has 0 atom stereocenters. The molecular weight excluding hydrogens is 234 g/mol. The number of aromatic nitrogens is 2. The molecule has 3 rings (SSSR count). The highest BCUT2D eigenvalue weighted by Crippen LogP contribution is 2.12. The quantitative estimate of drug-likeness (QED) is 0.813. The van der Waals surface area contributed by atoms with E-state index in [-0.39, 0.29) is 5.56 Å². The van der Waals surface area contributed by atoms with E-state index >= 15 is 0 Å². The van der Waals surface area contributed by atoms with Gasteiger partial charge in [0, 0.05) is 24.2 Å². The summed E-state index contributed by atoms with van der Waals surface area (Å²) in [7, 11) is 0. The van der Waals surface area contributed by atoms with Crippen LogP contribution in [0.25, 0.3) is 4.96 Å². The SMILES string of the molecule is O=c1cc(CN2CCCCC2)nc2sccn12. The number of rotatable bonds is 2. The largest absolute Gasteiger partial charge is 0.298 e. The van der Waals surface area contributed by atoms with Gasteiger partial charge in [0.1, 0.15) is 0 Å². The predicted molar refractivity (Wildman–Crippen MR) is 68.5 cm³/mol. The average molecular weight is 249 g/mol. The van der Waals surface area contributed by atoms with Gasteiger partial charge < -0.3 is 0 Å². The lowest BCUT2D eigenvalue weighted by Gasteiger charge is -2.25. The van der Waals surface area contributed by atoms with Crippen molar-refractivity contribution in [3.8, 4) is 0 Å². The second-order valence-electron chi connectivity index (χ2n) is 4.48. The lowest BCUT2D eigenvalue weighted by Crippen LogP contribution is -2.30. The minimum atomic E-state index is 0.0308. The fourth-order valence-corrected chi connectivity index (χ4v) is 3.05. The van der Waals surface area contributed by atoms with Gasteiger partial charge in [-0.15, -0.1) is 11.3 Å². The summed E-state index contributed by atoms with van der Waals surface area (Å²) in [6.45, 7) is 3.07. The first-order chi connectivity index (χ1) is 8.33. The Morgan fingerprint density at radius 2 is 2.12 bits per heavy atom. The fourth-order valence-electron chi connectivity index (χ4n) is 2.32. The smallest absolute Gasteiger partial charge is 0.258 e. The number of hydrogen-bond acceptors (Lipinski definition) is 4. The molecule has 0 amide bonds. The van der Waals surface area contributed by atoms with Gasteiger partial charge in [0.2, 0.25) is 0 Å². The molecule has 0 spiro atoms. The van der Waals surface area contributed by atoms with E-state index in [0.29, 0.717) is 0 Å². The van der Waals surface area contributed by atoms with Crippen LogP contribution in [-0.4, -0.2) is 27.4 Å². The second-order valence-corrected chi connectivity index (χ2v) is 5.35. The Bertz CT molecular complexity index is 568. The van der Waals surface area contributed by atoms with Gasteiger partial charge in [0.25, 0.3) is 5.56 Å². The van der Waals surface area contributed by atoms with E-state index < -0.39 is 0 Å². The van der Waals surface area contributed by atoms with Gasteiger partial charge in [-0.2, -0.15) is 0 Å². The maximum Gasteiger partial charge on any atom is 0.258 e. The van der Waals surface area contributed by atoms with Crippen molar-refractivity contribution in [3.05, 3.63) is 33.7 Å². The van der Waals surface area contributed by atoms with Crippen molar-refractivity contribution >= 4 is 16.3 Å². The molecule has 0 radical (unpaired) electrons. The van der Waals surface area contributed by atoms with Crippen LogP contribution in [0.1, 0.15) is 25.0 Å². The highest BCUT2D eigenvalue weighted by atomic mass is 32.1. The van der Waals surface area contributed by atoms with E-state index in [1.54, 1.807) is 16.7 Å². The molecule has 1 fully saturated rings. The number of fused-ring (bicyclic) bond motifs is 1. The highest BCUT2D eigenvalue weighted by Gasteiger charge is 2.12. The summed E-state index contributed by atoms with van der Waals surface area (Å²) in [4.78, 5) is 19.5. The highest BCUT2D eigenvalue weighted by molar-refractivity contribution is 7.15. The summed E-state index contributed by atoms with van der Waals surface area (Å²) in [6, 6.07) is 1.66. The van der Waals surface area contributed by atoms with Crippen LogP contribution in [0, 0.1) is 0 Å². The maximum atomic E-state index is 11.8. The van der Waals surface area contributed by atoms with Crippen molar-refractivity contribution in [1.82, 2.24) is 14.3 Å². The Labute approximate surface area is 104 Å². The van der Waals surface area contributed by atoms with Crippen LogP contribution < -0.4 is 5.56 Å². The molecule has 1 aliphatic heterocycles. The van der Waals surface area contributed by atoms with Gasteiger partial charge in [-0.05, 0) is 25.9 Å². The third kappa shape index (κ3) is 2.25. The Hall–Kier alpha value is -1.20. The summed E-state index contributed by atoms with van der Waals surface area (Å²) >= 11 is 1.51. The van der Waals surface area contributed by atoms with Crippen LogP contribution >= 0.6 is 11.3 Å². The number of nitrogens with zero attached hydrogens (tertiary/aromatic N) is 3. The number of piperidine rings is 1. The molecule has 2 aromatic rings. The van der Waals surface area contributed by atoms with E-state index in [2.05, 4.69) is 9.88 Å². The van der Waals surface area contributed by atoms with Crippen molar-refractivity contribution < 1.29 is 0 Å². The summed E-state index contributed by atoms with van der Waals surface area (Å²) in [6.07, 6.45) is 5.64. The van der Waals surface area contributed by atoms with E-state index in [1.807, 2.05) is 5.38 Å². The van der Waals surface area contributed by atoms with Crippen molar-refractivity contribution in [2.24, 2.45) is 0 Å². The molecule has 90 valence electrons. The lowest BCUT2D eigenvalue weighted by molar-refractivity contribution is 0.218. The molecule has 1 aliphatic rings. The van der Waals surface area contributed by atoms with Crippen LogP contribution in [0.15, 0.2) is 22.4 Å². The van der Waals surface area contributed by atoms with Crippen LogP contribution in [0.4, 0.5) is 0 Å². The zero-order valence-electron chi connectivity index (χ0n) is 9.63. The number of hydrogen-bond donors (Lipinski definition) is 0. The monoisotopic (exact) mass is 249 g/mol. The molecule has 0 unspecified atom stereocenters. The molecular formula is C12H15N3OS. The van der Waals surface area contributed by atoms with Crippen LogP contribution in [-0.2, 0) is 6.54 Å². The predicted octanol–water partition coefficient (Wildman–Crippen LogP) is 1.74. The Morgan fingerprint density at radius 3 is 2.94 bits per heavy atom. The molecule has 5 heteroatoms. The Morgan fingerprint density at radius 1 is 1.29 bits per heavy atom. The number of likely N-dealkylation sites (tertiary alicyclic amines) is 1. The maximum absolute atomic E-state index is 11.8. The molecule has 0 saturated carbocycles. The first-order valence-corrected chi connectivity index (χ1v) is 6.89. The van der Waals surface area contributed by atoms with Crippen molar-refractivity contribution in [2.75, 3.05) is 13.1 Å². The van der Waals surface area contributed by atoms with Crippen molar-refractivity contribution in [3.63, 3.8) is 0 Å². The zero-order valence-corrected chi connectivity index (χ0v) is 10.4. The molecule has 0 aliphatic carbocycles. The molecule has 2 aromatic heterocycles. The van der Waals surface area contributed by atoms with Crippen molar-refractivity contribution in [2.45, 2.75) is 25.8 Å². The second kappa shape index (κ2) is 4.58. The van der Waals surface area contributed by atoms with Gasteiger partial charge >= 0.3 is 0 Å². The summed E-state index contributed by atoms with van der Waals surface area (Å²) in [5.41, 5.74) is 0.933. The van der Waals surface area contributed by atoms with E-state index in [9.17, 15) is 4.79 Å². The first kappa shape index (κ1) is 10.9. The van der Waals surface area contributed by atoms with Gasteiger partial charge in [-0.1, -0.05) is 6.42 Å². The first-order valence-electron chi connectivity index (χ1n) is 6.01. The van der Waals surface area contributed by atoms with Crippen LogP contribution in [0.2, 0.25) is 0 Å². The van der Waals surface area contributed by atoms with Gasteiger partial charge in [0.15, 0.2) is 4.96 Å². The normalized spacial score (nSPS) is 17.6. The van der Waals surface area contributed by atoms with E-state index in [0.717, 1.165) is 30.3 Å². The summed E-state index contributed by atoms with van der Waals surface area (Å²) < 4.78 is 1.60. The zero-order chi connectivity index (χ0) is 11.7. The lowest BCUT2D eigenvalue weighted by atomic mass is 10.1. The summed E-state index contributed by atoms with van der Waals surface area (Å²) in [5, 5.41) is 1.90. The van der Waals surface area contributed by atoms with Crippen LogP contribution in [0.5, 0.6) is 0 Å². The van der Waals surface area contributed by atoms with Crippen LogP contribution in [0.3, 0.4) is 0 Å². The third-order valence-corrected chi connectivity index (χ3v) is 3.95. The minimum absolute atomic E-state index is 0.0308. The van der Waals surface area contributed by atoms with E-state index in [1.165, 1.54) is 30.6 Å². The Kier molecular flexibility index (Phi) is 2.94. The molecule has 1 saturated heterocycles. The van der Waals surface area contributed by atoms with Gasteiger partial charge in [-0.25, -0.2) is 4.98 Å². The topological polar surface area (TPSA) is 37.6 Å². The molecule has 3 heterocycles. The molecule has 4 nitrogen and oxygen atoms in total. The molecule has 0 aromatic carbocycles. The average Bonchev–Trinajstić information content (AvgIpc) is 2.79. The summed E-state index contributed by atoms with van der Waals surface area (Å²) in [5.74, 6) is 0. The molecule has 17 heavy (non-hydrogen) atoms. The third-order valence-electron chi connectivity index (χ3n) is 3.19. The fraction of sp³-hybridized carbons (Fsp3) is 0.500. The minimum Gasteiger partial charge on any atom is -0.298 e. The van der Waals surface area contributed by atoms with Gasteiger partial charge in [0.05, 0.1) is 5.69 Å². The standard InChI is InChI=1S/C12H15N3OS/c16-11-8-10(9-14-4-2-1-3-5-14)13-12-15(11)6-7-17-12/h6-8H,1-5,9H2. The van der Waals surface area contributed by atoms with E-state index in [4.69, 9.17) is 0 Å². The van der Waals surface area contributed by atoms with Gasteiger partial charge in [-0.3, -0.25) is 14.1 Å². The van der Waals surface area contributed by atoms with Crippen molar-refractivity contribution in [1.29, 1.82) is 0 Å². The molecule has 0 bridgehead atoms. The number of thiazole rings is 1.